The van der Waals surface area contributed by atoms with Gasteiger partial charge in [0.25, 0.3) is 0 Å². The summed E-state index contributed by atoms with van der Waals surface area (Å²) in [5.41, 5.74) is -2.18. The van der Waals surface area contributed by atoms with Gasteiger partial charge in [-0.15, -0.1) is 0 Å². The van der Waals surface area contributed by atoms with Crippen LogP contribution in [0.4, 0.5) is 0 Å². The fraction of sp³-hybridized carbons (Fsp3) is 0.750. The van der Waals surface area contributed by atoms with Gasteiger partial charge in [-0.2, -0.15) is 0 Å². The highest BCUT2D eigenvalue weighted by Gasteiger charge is 2.75. The summed E-state index contributed by atoms with van der Waals surface area (Å²) in [7, 11) is 0. The van der Waals surface area contributed by atoms with Gasteiger partial charge in [-0.05, 0) is 32.1 Å². The fourth-order valence-corrected chi connectivity index (χ4v) is 6.52. The van der Waals surface area contributed by atoms with Gasteiger partial charge in [0.2, 0.25) is 11.8 Å². The maximum Gasteiger partial charge on any atom is 0.313 e. The first kappa shape index (κ1) is 26.9. The molecule has 2 saturated heterocycles. The second kappa shape index (κ2) is 11.5. The van der Waals surface area contributed by atoms with Crippen molar-refractivity contribution in [3.8, 4) is 0 Å². The minimum Gasteiger partial charge on any atom is -0.465 e. The summed E-state index contributed by atoms with van der Waals surface area (Å²) in [5.74, 6) is -2.30. The molecule has 0 aromatic carbocycles. The minimum atomic E-state index is -1.20. The van der Waals surface area contributed by atoms with Crippen LogP contribution in [0.1, 0.15) is 71.6 Å². The van der Waals surface area contributed by atoms with Crippen molar-refractivity contribution in [1.29, 1.82) is 0 Å². The fourth-order valence-electron chi connectivity index (χ4n) is 6.52. The van der Waals surface area contributed by atoms with Gasteiger partial charge in [0, 0.05) is 26.2 Å². The Morgan fingerprint density at radius 3 is 2.47 bits per heavy atom. The highest BCUT2D eigenvalue weighted by atomic mass is 16.6. The number of ether oxygens (including phenoxy) is 2. The van der Waals surface area contributed by atoms with Crippen molar-refractivity contribution in [2.24, 2.45) is 11.8 Å². The van der Waals surface area contributed by atoms with Gasteiger partial charge in [-0.3, -0.25) is 14.4 Å². The van der Waals surface area contributed by atoms with Gasteiger partial charge < -0.3 is 24.4 Å². The Bertz CT molecular complexity index is 887. The van der Waals surface area contributed by atoms with E-state index in [-0.39, 0.29) is 25.0 Å². The van der Waals surface area contributed by atoms with E-state index >= 15 is 0 Å². The molecule has 4 heterocycles. The maximum absolute atomic E-state index is 14.1. The number of rotatable bonds is 11. The quantitative estimate of drug-likeness (QED) is 0.265. The van der Waals surface area contributed by atoms with Crippen LogP contribution in [0.15, 0.2) is 24.3 Å². The molecule has 0 aliphatic carbocycles. The molecule has 8 heteroatoms. The Hall–Kier alpha value is -2.19. The smallest absolute Gasteiger partial charge is 0.313 e. The third kappa shape index (κ3) is 4.62. The zero-order chi connectivity index (χ0) is 25.8. The van der Waals surface area contributed by atoms with E-state index in [1.165, 1.54) is 0 Å². The molecule has 0 aromatic rings. The predicted octanol–water partition coefficient (Wildman–Crippen LogP) is 2.99. The number of aliphatic hydroxyl groups is 1. The molecule has 36 heavy (non-hydrogen) atoms. The molecule has 4 aliphatic rings. The predicted molar refractivity (Wildman–Crippen MR) is 135 cm³/mol. The second-order valence-corrected chi connectivity index (χ2v) is 10.5. The van der Waals surface area contributed by atoms with Crippen molar-refractivity contribution in [3.05, 3.63) is 24.3 Å². The highest BCUT2D eigenvalue weighted by Crippen LogP contribution is 2.58. The second-order valence-electron chi connectivity index (χ2n) is 10.5. The summed E-state index contributed by atoms with van der Waals surface area (Å²) in [4.78, 5) is 45.1. The number of carbonyl (C=O) groups is 3. The Morgan fingerprint density at radius 2 is 1.72 bits per heavy atom. The van der Waals surface area contributed by atoms with Gasteiger partial charge in [0.15, 0.2) is 0 Å². The van der Waals surface area contributed by atoms with Crippen LogP contribution in [0.2, 0.25) is 0 Å². The topological polar surface area (TPSA) is 96.4 Å². The maximum atomic E-state index is 14.1. The van der Waals surface area contributed by atoms with Crippen LogP contribution in [0.25, 0.3) is 0 Å². The number of esters is 1. The van der Waals surface area contributed by atoms with Crippen molar-refractivity contribution in [2.45, 2.75) is 88.9 Å². The van der Waals surface area contributed by atoms with Gasteiger partial charge in [-0.1, -0.05) is 63.8 Å². The molecule has 200 valence electrons. The molecule has 1 spiro atoms. The molecular weight excluding hydrogens is 460 g/mol. The number of hydrogen-bond donors (Lipinski definition) is 1. The molecule has 4 rings (SSSR count). The Morgan fingerprint density at radius 1 is 0.944 bits per heavy atom. The van der Waals surface area contributed by atoms with E-state index in [2.05, 4.69) is 6.92 Å². The molecule has 2 amide bonds. The SMILES string of the molecule is CCCCCN1CC=C[C@]23O[C@@]4(CC)C=CCCOC(=O)[C@H]4[C@H]2C(=O)N(CCCCCCO)C3C1=O. The summed E-state index contributed by atoms with van der Waals surface area (Å²) in [6, 6.07) is -0.800. The van der Waals surface area contributed by atoms with Crippen LogP contribution in [0.5, 0.6) is 0 Å². The summed E-state index contributed by atoms with van der Waals surface area (Å²) in [5, 5.41) is 9.10. The van der Waals surface area contributed by atoms with Crippen molar-refractivity contribution >= 4 is 17.8 Å². The van der Waals surface area contributed by atoms with Crippen molar-refractivity contribution in [1.82, 2.24) is 9.80 Å². The number of fused-ring (bicyclic) bond motifs is 2. The standard InChI is InChI=1S/C28H42N2O6/c1-3-5-9-16-29-17-13-15-28-21(22-26(34)35-20-12-8-14-27(22,4-2)36-28)24(32)30(23(28)25(29)33)18-10-6-7-11-19-31/h8,13-15,21-23,31H,3-7,9-12,16-20H2,1-2H3/t21-,22+,23?,27-,28-/m0/s1. The number of nitrogens with zero attached hydrogens (tertiary/aromatic N) is 2. The third-order valence-electron chi connectivity index (χ3n) is 8.32. The molecule has 0 aromatic heterocycles. The first-order valence-corrected chi connectivity index (χ1v) is 13.9. The van der Waals surface area contributed by atoms with Crippen molar-refractivity contribution in [2.75, 3.05) is 32.8 Å². The van der Waals surface area contributed by atoms with E-state index < -0.39 is 35.0 Å². The first-order chi connectivity index (χ1) is 17.5. The van der Waals surface area contributed by atoms with Crippen LogP contribution in [0.3, 0.4) is 0 Å². The van der Waals surface area contributed by atoms with E-state index in [4.69, 9.17) is 14.6 Å². The number of unbranched alkanes of at least 4 members (excludes halogenated alkanes) is 5. The molecule has 0 bridgehead atoms. The molecule has 1 N–H and O–H groups in total. The molecule has 4 aliphatic heterocycles. The normalized spacial score (nSPS) is 33.6. The number of amides is 2. The summed E-state index contributed by atoms with van der Waals surface area (Å²) >= 11 is 0. The number of aliphatic hydroxyl groups excluding tert-OH is 1. The van der Waals surface area contributed by atoms with Crippen LogP contribution < -0.4 is 0 Å². The Balaban J connectivity index is 1.73. The number of carbonyl (C=O) groups excluding carboxylic acids is 3. The molecule has 2 fully saturated rings. The Kier molecular flexibility index (Phi) is 8.56. The number of likely N-dealkylation sites (tertiary alicyclic amines) is 1. The van der Waals surface area contributed by atoms with Crippen molar-refractivity contribution in [3.63, 3.8) is 0 Å². The first-order valence-electron chi connectivity index (χ1n) is 13.9. The molecule has 8 nitrogen and oxygen atoms in total. The molecular formula is C28H42N2O6. The van der Waals surface area contributed by atoms with Crippen LogP contribution in [0, 0.1) is 11.8 Å². The van der Waals surface area contributed by atoms with Crippen LogP contribution in [-0.4, -0.2) is 82.8 Å². The molecule has 1 unspecified atom stereocenters. The minimum absolute atomic E-state index is 0.0971. The molecule has 5 atom stereocenters. The summed E-state index contributed by atoms with van der Waals surface area (Å²) in [6.07, 6.45) is 15.0. The lowest BCUT2D eigenvalue weighted by Crippen LogP contribution is -2.56. The van der Waals surface area contributed by atoms with Gasteiger partial charge in [-0.25, -0.2) is 0 Å². The van der Waals surface area contributed by atoms with E-state index in [1.807, 2.05) is 36.1 Å². The zero-order valence-electron chi connectivity index (χ0n) is 21.8. The lowest BCUT2D eigenvalue weighted by molar-refractivity contribution is -0.161. The number of cyclic esters (lactones) is 1. The van der Waals surface area contributed by atoms with E-state index in [0.29, 0.717) is 32.5 Å². The van der Waals surface area contributed by atoms with E-state index in [1.54, 1.807) is 4.90 Å². The molecule has 0 radical (unpaired) electrons. The largest absolute Gasteiger partial charge is 0.465 e. The highest BCUT2D eigenvalue weighted by molar-refractivity contribution is 5.99. The van der Waals surface area contributed by atoms with E-state index in [0.717, 1.165) is 44.9 Å². The summed E-state index contributed by atoms with van der Waals surface area (Å²) in [6.45, 7) is 6.05. The van der Waals surface area contributed by atoms with Gasteiger partial charge in [0.05, 0.1) is 12.5 Å². The lowest BCUT2D eigenvalue weighted by Gasteiger charge is -2.38. The average molecular weight is 503 g/mol. The third-order valence-corrected chi connectivity index (χ3v) is 8.32. The lowest BCUT2D eigenvalue weighted by atomic mass is 9.73. The van der Waals surface area contributed by atoms with Gasteiger partial charge in [0.1, 0.15) is 23.2 Å². The monoisotopic (exact) mass is 502 g/mol. The van der Waals surface area contributed by atoms with Crippen LogP contribution >= 0.6 is 0 Å². The van der Waals surface area contributed by atoms with Gasteiger partial charge >= 0.3 is 5.97 Å². The van der Waals surface area contributed by atoms with Crippen LogP contribution in [-0.2, 0) is 23.9 Å². The molecule has 0 saturated carbocycles. The van der Waals surface area contributed by atoms with E-state index in [9.17, 15) is 14.4 Å². The number of hydrogen-bond acceptors (Lipinski definition) is 6. The van der Waals surface area contributed by atoms with Crippen molar-refractivity contribution < 1.29 is 29.0 Å². The zero-order valence-corrected chi connectivity index (χ0v) is 21.8. The summed E-state index contributed by atoms with van der Waals surface area (Å²) < 4.78 is 12.5. The Labute approximate surface area is 214 Å². The average Bonchev–Trinajstić information content (AvgIpc) is 3.21.